The third kappa shape index (κ3) is 6.19. The predicted octanol–water partition coefficient (Wildman–Crippen LogP) is 3.81. The fraction of sp³-hybridized carbons (Fsp3) is 0.679. The first-order chi connectivity index (χ1) is 18.8. The lowest BCUT2D eigenvalue weighted by molar-refractivity contribution is -0.141. The van der Waals surface area contributed by atoms with Gasteiger partial charge < -0.3 is 15.5 Å². The first-order valence-corrected chi connectivity index (χ1v) is 15.5. The van der Waals surface area contributed by atoms with Crippen LogP contribution < -0.4 is 15.4 Å². The lowest BCUT2D eigenvalue weighted by atomic mass is 9.85. The quantitative estimate of drug-likeness (QED) is 0.396. The molecule has 0 aromatic heterocycles. The minimum atomic E-state index is -4.55. The fourth-order valence-electron chi connectivity index (χ4n) is 5.46. The molecular weight excluding hydrogens is 561 g/mol. The van der Waals surface area contributed by atoms with Gasteiger partial charge in [0.15, 0.2) is 0 Å². The predicted molar refractivity (Wildman–Crippen MR) is 147 cm³/mol. The number of carbonyl (C=O) groups is 3. The van der Waals surface area contributed by atoms with Crippen LogP contribution >= 0.6 is 0 Å². The van der Waals surface area contributed by atoms with E-state index < -0.39 is 67.3 Å². The average Bonchev–Trinajstić information content (AvgIpc) is 3.73. The summed E-state index contributed by atoms with van der Waals surface area (Å²) in [5, 5.41) is 5.74. The van der Waals surface area contributed by atoms with Crippen LogP contribution in [-0.2, 0) is 30.6 Å². The van der Waals surface area contributed by atoms with Gasteiger partial charge in [-0.05, 0) is 68.6 Å². The molecule has 2 aliphatic carbocycles. The van der Waals surface area contributed by atoms with E-state index in [1.807, 2.05) is 6.92 Å². The van der Waals surface area contributed by atoms with Crippen LogP contribution in [0.25, 0.3) is 0 Å². The molecular formula is C28H39F3N4O5S. The number of halogens is 3. The highest BCUT2D eigenvalue weighted by atomic mass is 32.2. The minimum absolute atomic E-state index is 0.123. The molecule has 0 bridgehead atoms. The first-order valence-electron chi connectivity index (χ1n) is 14.0. The second-order valence-electron chi connectivity index (χ2n) is 12.9. The van der Waals surface area contributed by atoms with Crippen LogP contribution in [0.2, 0.25) is 0 Å². The summed E-state index contributed by atoms with van der Waals surface area (Å²) in [5.74, 6) is -2.01. The van der Waals surface area contributed by atoms with Gasteiger partial charge in [-0.25, -0.2) is 8.42 Å². The Balaban J connectivity index is 1.51. The van der Waals surface area contributed by atoms with Crippen molar-refractivity contribution in [1.82, 2.24) is 14.9 Å². The Kier molecular flexibility index (Phi) is 7.94. The van der Waals surface area contributed by atoms with Crippen LogP contribution in [-0.4, -0.2) is 60.0 Å². The zero-order valence-corrected chi connectivity index (χ0v) is 24.8. The molecule has 1 aromatic rings. The summed E-state index contributed by atoms with van der Waals surface area (Å²) in [6.45, 7) is 9.00. The second-order valence-corrected chi connectivity index (χ2v) is 15.1. The fourth-order valence-corrected chi connectivity index (χ4v) is 6.78. The van der Waals surface area contributed by atoms with Crippen molar-refractivity contribution in [3.8, 4) is 0 Å². The maximum Gasteiger partial charge on any atom is 0.416 e. The van der Waals surface area contributed by atoms with Crippen molar-refractivity contribution in [3.05, 3.63) is 29.8 Å². The molecule has 1 aromatic carbocycles. The van der Waals surface area contributed by atoms with Crippen LogP contribution in [0.5, 0.6) is 0 Å². The van der Waals surface area contributed by atoms with Gasteiger partial charge in [0.25, 0.3) is 5.91 Å². The molecule has 0 radical (unpaired) electrons. The van der Waals surface area contributed by atoms with Gasteiger partial charge >= 0.3 is 6.18 Å². The van der Waals surface area contributed by atoms with Crippen molar-refractivity contribution >= 4 is 33.4 Å². The zero-order valence-electron chi connectivity index (χ0n) is 24.0. The third-order valence-corrected chi connectivity index (χ3v) is 10.8. The average molecular weight is 601 g/mol. The Morgan fingerprint density at radius 1 is 1.15 bits per heavy atom. The molecule has 3 fully saturated rings. The zero-order chi connectivity index (χ0) is 30.6. The summed E-state index contributed by atoms with van der Waals surface area (Å²) in [5.41, 5.74) is -2.83. The summed E-state index contributed by atoms with van der Waals surface area (Å²) in [6, 6.07) is 2.74. The van der Waals surface area contributed by atoms with Crippen molar-refractivity contribution in [2.24, 2.45) is 11.3 Å². The molecule has 1 heterocycles. The number of sulfonamides is 1. The Hall–Kier alpha value is -2.83. The third-order valence-electron chi connectivity index (χ3n) is 8.63. The molecule has 13 heteroatoms. The van der Waals surface area contributed by atoms with Crippen LogP contribution in [0.4, 0.5) is 18.9 Å². The summed E-state index contributed by atoms with van der Waals surface area (Å²) >= 11 is 0. The van der Waals surface area contributed by atoms with Gasteiger partial charge in [0.2, 0.25) is 21.8 Å². The van der Waals surface area contributed by atoms with E-state index in [9.17, 15) is 36.0 Å². The van der Waals surface area contributed by atoms with E-state index in [2.05, 4.69) is 15.4 Å². The van der Waals surface area contributed by atoms with Gasteiger partial charge in [-0.3, -0.25) is 19.1 Å². The van der Waals surface area contributed by atoms with Gasteiger partial charge in [0, 0.05) is 12.2 Å². The standard InChI is InChI=1S/C28H39F3N4O5S/c1-6-17-16-27(17,24(38)34-41(39,40)26(5)12-13-26)33-22(36)20-11-8-14-35(20)23(37)21(25(2,3)4)32-19-10-7-9-18(15-19)28(29,30)31/h7,9-10,15,17,20-21,32H,6,8,11-14,16H2,1-5H3,(H,33,36)(H,34,38)/t17?,20?,21-,27?/m1/s1. The van der Waals surface area contributed by atoms with Crippen LogP contribution in [0.15, 0.2) is 24.3 Å². The molecule has 4 rings (SSSR count). The Labute approximate surface area is 239 Å². The molecule has 3 aliphatic rings. The van der Waals surface area contributed by atoms with Crippen LogP contribution in [0.1, 0.15) is 78.7 Å². The molecule has 9 nitrogen and oxygen atoms in total. The van der Waals surface area contributed by atoms with Crippen molar-refractivity contribution in [3.63, 3.8) is 0 Å². The molecule has 4 atom stereocenters. The van der Waals surface area contributed by atoms with Gasteiger partial charge in [0.05, 0.1) is 10.3 Å². The SMILES string of the molecule is CCC1CC1(NC(=O)C1CCCN1C(=O)[C@@H](Nc1cccc(C(F)(F)F)c1)C(C)(C)C)C(=O)NS(=O)(=O)C1(C)CC1. The Bertz CT molecular complexity index is 1320. The van der Waals surface area contributed by atoms with Crippen molar-refractivity contribution in [1.29, 1.82) is 0 Å². The van der Waals surface area contributed by atoms with E-state index in [1.165, 1.54) is 17.0 Å². The van der Waals surface area contributed by atoms with Crippen LogP contribution in [0, 0.1) is 11.3 Å². The molecule has 228 valence electrons. The number of likely N-dealkylation sites (tertiary alicyclic amines) is 1. The van der Waals surface area contributed by atoms with E-state index in [4.69, 9.17) is 0 Å². The number of alkyl halides is 3. The maximum absolute atomic E-state index is 13.8. The van der Waals surface area contributed by atoms with Gasteiger partial charge in [-0.15, -0.1) is 0 Å². The highest BCUT2D eigenvalue weighted by molar-refractivity contribution is 7.91. The maximum atomic E-state index is 13.8. The Morgan fingerprint density at radius 2 is 1.80 bits per heavy atom. The minimum Gasteiger partial charge on any atom is -0.373 e. The van der Waals surface area contributed by atoms with E-state index in [0.29, 0.717) is 32.1 Å². The van der Waals surface area contributed by atoms with E-state index >= 15 is 0 Å². The monoisotopic (exact) mass is 600 g/mol. The van der Waals surface area contributed by atoms with E-state index in [-0.39, 0.29) is 24.6 Å². The number of anilines is 1. The summed E-state index contributed by atoms with van der Waals surface area (Å²) in [4.78, 5) is 42.0. The molecule has 41 heavy (non-hydrogen) atoms. The number of hydrogen-bond acceptors (Lipinski definition) is 6. The molecule has 0 spiro atoms. The van der Waals surface area contributed by atoms with Gasteiger partial charge in [-0.1, -0.05) is 40.2 Å². The topological polar surface area (TPSA) is 125 Å². The number of hydrogen-bond donors (Lipinski definition) is 3. The number of amides is 3. The Morgan fingerprint density at radius 3 is 2.34 bits per heavy atom. The van der Waals surface area contributed by atoms with Crippen molar-refractivity contribution in [2.75, 3.05) is 11.9 Å². The number of nitrogens with zero attached hydrogens (tertiary/aromatic N) is 1. The second kappa shape index (κ2) is 10.5. The number of carbonyl (C=O) groups excluding carboxylic acids is 3. The molecule has 1 saturated heterocycles. The summed E-state index contributed by atoms with van der Waals surface area (Å²) in [6.07, 6.45) is -1.95. The largest absolute Gasteiger partial charge is 0.416 e. The summed E-state index contributed by atoms with van der Waals surface area (Å²) in [7, 11) is -3.90. The van der Waals surface area contributed by atoms with Crippen molar-refractivity contribution < 1.29 is 36.0 Å². The van der Waals surface area contributed by atoms with E-state index in [1.54, 1.807) is 27.7 Å². The molecule has 1 aliphatic heterocycles. The molecule has 3 N–H and O–H groups in total. The molecule has 3 unspecified atom stereocenters. The van der Waals surface area contributed by atoms with Crippen LogP contribution in [0.3, 0.4) is 0 Å². The smallest absolute Gasteiger partial charge is 0.373 e. The number of benzene rings is 1. The number of nitrogens with one attached hydrogen (secondary N) is 3. The highest BCUT2D eigenvalue weighted by Crippen LogP contribution is 2.48. The summed E-state index contributed by atoms with van der Waals surface area (Å²) < 4.78 is 66.4. The number of rotatable bonds is 9. The lowest BCUT2D eigenvalue weighted by Gasteiger charge is -2.36. The molecule has 3 amide bonds. The lowest BCUT2D eigenvalue weighted by Crippen LogP contribution is -2.59. The normalized spacial score (nSPS) is 26.2. The highest BCUT2D eigenvalue weighted by Gasteiger charge is 2.63. The molecule has 2 saturated carbocycles. The van der Waals surface area contributed by atoms with Crippen molar-refractivity contribution in [2.45, 2.75) is 102 Å². The van der Waals surface area contributed by atoms with Gasteiger partial charge in [-0.2, -0.15) is 13.2 Å². The van der Waals surface area contributed by atoms with E-state index in [0.717, 1.165) is 12.1 Å². The first kappa shape index (κ1) is 31.1. The van der Waals surface area contributed by atoms with Gasteiger partial charge in [0.1, 0.15) is 17.6 Å².